The molecule has 2 aromatic heterocycles. The summed E-state index contributed by atoms with van der Waals surface area (Å²) in [5.74, 6) is 0. The molecule has 1 saturated heterocycles. The molecular weight excluding hydrogens is 348 g/mol. The Morgan fingerprint density at radius 1 is 1.14 bits per heavy atom. The molecule has 0 radical (unpaired) electrons. The number of rotatable bonds is 6. The standard InChI is InChI=1S/C23H28N4O/c1-3-27-16-19(14-24-27)15-26-11-12-28-23(17-26)22-10-6-9-21(25-22)13-20-8-5-4-7-18(20)2/h4-10,14,16,23H,3,11-13,15,17H2,1-2H3/t23-/m1/s1. The summed E-state index contributed by atoms with van der Waals surface area (Å²) in [6.07, 6.45) is 4.97. The van der Waals surface area contributed by atoms with E-state index in [9.17, 15) is 0 Å². The molecule has 1 aromatic carbocycles. The molecule has 0 aliphatic carbocycles. The average Bonchev–Trinajstić information content (AvgIpc) is 3.18. The van der Waals surface area contributed by atoms with Crippen LogP contribution in [0.5, 0.6) is 0 Å². The van der Waals surface area contributed by atoms with Crippen molar-refractivity contribution in [2.24, 2.45) is 0 Å². The van der Waals surface area contributed by atoms with Crippen LogP contribution in [0.25, 0.3) is 0 Å². The summed E-state index contributed by atoms with van der Waals surface area (Å²) in [5, 5.41) is 4.38. The van der Waals surface area contributed by atoms with Crippen LogP contribution in [0.1, 0.15) is 41.1 Å². The molecular formula is C23H28N4O. The number of pyridine rings is 1. The van der Waals surface area contributed by atoms with E-state index >= 15 is 0 Å². The minimum Gasteiger partial charge on any atom is -0.369 e. The van der Waals surface area contributed by atoms with Crippen LogP contribution < -0.4 is 0 Å². The van der Waals surface area contributed by atoms with Crippen molar-refractivity contribution < 1.29 is 4.74 Å². The molecule has 0 bridgehead atoms. The van der Waals surface area contributed by atoms with E-state index in [0.29, 0.717) is 0 Å². The number of benzene rings is 1. The van der Waals surface area contributed by atoms with Gasteiger partial charge < -0.3 is 4.74 Å². The summed E-state index contributed by atoms with van der Waals surface area (Å²) in [4.78, 5) is 7.35. The van der Waals surface area contributed by atoms with Gasteiger partial charge in [-0.1, -0.05) is 30.3 Å². The van der Waals surface area contributed by atoms with Gasteiger partial charge in [-0.15, -0.1) is 0 Å². The molecule has 5 nitrogen and oxygen atoms in total. The van der Waals surface area contributed by atoms with Crippen LogP contribution in [0.2, 0.25) is 0 Å². The van der Waals surface area contributed by atoms with E-state index in [-0.39, 0.29) is 6.10 Å². The van der Waals surface area contributed by atoms with Gasteiger partial charge in [-0.3, -0.25) is 14.6 Å². The second kappa shape index (κ2) is 8.67. The van der Waals surface area contributed by atoms with E-state index in [0.717, 1.165) is 50.6 Å². The van der Waals surface area contributed by atoms with Crippen molar-refractivity contribution in [3.8, 4) is 0 Å². The Morgan fingerprint density at radius 2 is 2.04 bits per heavy atom. The van der Waals surface area contributed by atoms with E-state index in [1.165, 1.54) is 16.7 Å². The minimum absolute atomic E-state index is 0.0202. The van der Waals surface area contributed by atoms with Crippen molar-refractivity contribution in [1.82, 2.24) is 19.7 Å². The van der Waals surface area contributed by atoms with Crippen LogP contribution in [0.15, 0.2) is 54.9 Å². The first-order chi connectivity index (χ1) is 13.7. The summed E-state index contributed by atoms with van der Waals surface area (Å²) in [6, 6.07) is 14.8. The predicted octanol–water partition coefficient (Wildman–Crippen LogP) is 3.77. The highest BCUT2D eigenvalue weighted by Gasteiger charge is 2.23. The van der Waals surface area contributed by atoms with Gasteiger partial charge in [0.1, 0.15) is 6.10 Å². The Balaban J connectivity index is 1.44. The monoisotopic (exact) mass is 376 g/mol. The van der Waals surface area contributed by atoms with Crippen LogP contribution in [-0.2, 0) is 24.2 Å². The first kappa shape index (κ1) is 18.8. The summed E-state index contributed by atoms with van der Waals surface area (Å²) in [6.45, 7) is 8.61. The number of morpholine rings is 1. The molecule has 1 atom stereocenters. The summed E-state index contributed by atoms with van der Waals surface area (Å²) in [7, 11) is 0. The average molecular weight is 377 g/mol. The topological polar surface area (TPSA) is 43.2 Å². The maximum Gasteiger partial charge on any atom is 0.112 e. The molecule has 0 saturated carbocycles. The van der Waals surface area contributed by atoms with E-state index in [1.54, 1.807) is 0 Å². The van der Waals surface area contributed by atoms with E-state index in [4.69, 9.17) is 9.72 Å². The quantitative estimate of drug-likeness (QED) is 0.657. The highest BCUT2D eigenvalue weighted by molar-refractivity contribution is 5.30. The van der Waals surface area contributed by atoms with Crippen molar-refractivity contribution in [2.75, 3.05) is 19.7 Å². The molecule has 28 heavy (non-hydrogen) atoms. The number of nitrogens with zero attached hydrogens (tertiary/aromatic N) is 4. The molecule has 0 spiro atoms. The van der Waals surface area contributed by atoms with Gasteiger partial charge in [0.05, 0.1) is 18.5 Å². The van der Waals surface area contributed by atoms with Gasteiger partial charge in [-0.05, 0) is 37.1 Å². The molecule has 5 heteroatoms. The molecule has 1 aliphatic rings. The fourth-order valence-electron chi connectivity index (χ4n) is 3.72. The Morgan fingerprint density at radius 3 is 2.86 bits per heavy atom. The van der Waals surface area contributed by atoms with Crippen LogP contribution in [0.4, 0.5) is 0 Å². The number of ether oxygens (including phenoxy) is 1. The van der Waals surface area contributed by atoms with Crippen molar-refractivity contribution in [1.29, 1.82) is 0 Å². The third-order valence-corrected chi connectivity index (χ3v) is 5.36. The van der Waals surface area contributed by atoms with Gasteiger partial charge in [0.15, 0.2) is 0 Å². The third-order valence-electron chi connectivity index (χ3n) is 5.36. The van der Waals surface area contributed by atoms with Crippen LogP contribution >= 0.6 is 0 Å². The fourth-order valence-corrected chi connectivity index (χ4v) is 3.72. The van der Waals surface area contributed by atoms with E-state index in [1.807, 2.05) is 10.9 Å². The maximum atomic E-state index is 6.06. The van der Waals surface area contributed by atoms with Gasteiger partial charge in [0.2, 0.25) is 0 Å². The zero-order valence-electron chi connectivity index (χ0n) is 16.7. The molecule has 146 valence electrons. The molecule has 0 unspecified atom stereocenters. The zero-order chi connectivity index (χ0) is 19.3. The smallest absolute Gasteiger partial charge is 0.112 e. The predicted molar refractivity (Wildman–Crippen MR) is 110 cm³/mol. The Labute approximate surface area is 167 Å². The third kappa shape index (κ3) is 4.49. The normalized spacial score (nSPS) is 17.7. The lowest BCUT2D eigenvalue weighted by atomic mass is 10.0. The second-order valence-electron chi connectivity index (χ2n) is 7.46. The van der Waals surface area contributed by atoms with Gasteiger partial charge in [-0.2, -0.15) is 5.10 Å². The Bertz CT molecular complexity index is 920. The molecule has 3 aromatic rings. The fraction of sp³-hybridized carbons (Fsp3) is 0.391. The van der Waals surface area contributed by atoms with Crippen LogP contribution in [-0.4, -0.2) is 39.4 Å². The van der Waals surface area contributed by atoms with Crippen molar-refractivity contribution in [3.63, 3.8) is 0 Å². The number of aryl methyl sites for hydroxylation is 2. The summed E-state index contributed by atoms with van der Waals surface area (Å²) >= 11 is 0. The van der Waals surface area contributed by atoms with E-state index < -0.39 is 0 Å². The van der Waals surface area contributed by atoms with Crippen molar-refractivity contribution in [2.45, 2.75) is 39.5 Å². The van der Waals surface area contributed by atoms with Gasteiger partial charge in [0.25, 0.3) is 0 Å². The summed E-state index contributed by atoms with van der Waals surface area (Å²) in [5.41, 5.74) is 6.01. The lowest BCUT2D eigenvalue weighted by Gasteiger charge is -2.32. The highest BCUT2D eigenvalue weighted by atomic mass is 16.5. The maximum absolute atomic E-state index is 6.06. The number of hydrogen-bond donors (Lipinski definition) is 0. The zero-order valence-corrected chi connectivity index (χ0v) is 16.7. The van der Waals surface area contributed by atoms with Crippen molar-refractivity contribution >= 4 is 0 Å². The number of hydrogen-bond acceptors (Lipinski definition) is 4. The Kier molecular flexibility index (Phi) is 5.84. The lowest BCUT2D eigenvalue weighted by Crippen LogP contribution is -2.38. The first-order valence-electron chi connectivity index (χ1n) is 10.1. The molecule has 0 amide bonds. The van der Waals surface area contributed by atoms with E-state index in [2.05, 4.69) is 72.5 Å². The Hall–Kier alpha value is -2.50. The van der Waals surface area contributed by atoms with Gasteiger partial charge >= 0.3 is 0 Å². The summed E-state index contributed by atoms with van der Waals surface area (Å²) < 4.78 is 8.04. The molecule has 1 aliphatic heterocycles. The van der Waals surface area contributed by atoms with Crippen LogP contribution in [0.3, 0.4) is 0 Å². The molecule has 1 fully saturated rings. The first-order valence-corrected chi connectivity index (χ1v) is 10.1. The van der Waals surface area contributed by atoms with Gasteiger partial charge in [-0.25, -0.2) is 0 Å². The molecule has 0 N–H and O–H groups in total. The molecule has 4 rings (SSSR count). The largest absolute Gasteiger partial charge is 0.369 e. The minimum atomic E-state index is 0.0202. The van der Waals surface area contributed by atoms with Crippen molar-refractivity contribution in [3.05, 3.63) is 82.9 Å². The highest BCUT2D eigenvalue weighted by Crippen LogP contribution is 2.23. The SMILES string of the molecule is CCn1cc(CN2CCO[C@@H](c3cccc(Cc4ccccc4C)n3)C2)cn1. The second-order valence-corrected chi connectivity index (χ2v) is 7.46. The van der Waals surface area contributed by atoms with Gasteiger partial charge in [0, 0.05) is 50.1 Å². The lowest BCUT2D eigenvalue weighted by molar-refractivity contribution is -0.0350. The number of aromatic nitrogens is 3. The molecule has 3 heterocycles. The van der Waals surface area contributed by atoms with Crippen LogP contribution in [0, 0.1) is 6.92 Å².